The van der Waals surface area contributed by atoms with Gasteiger partial charge in [0.2, 0.25) is 5.91 Å². The molecule has 6 rings (SSSR count). The monoisotopic (exact) mass is 442 g/mol. The van der Waals surface area contributed by atoms with Gasteiger partial charge in [-0.15, -0.1) is 12.4 Å². The van der Waals surface area contributed by atoms with Crippen LogP contribution < -0.4 is 19.1 Å². The molecule has 1 atom stereocenters. The van der Waals surface area contributed by atoms with Crippen molar-refractivity contribution in [2.75, 3.05) is 51.4 Å². The molecule has 0 aliphatic carbocycles. The molecule has 0 saturated carbocycles. The molecule has 2 aromatic rings. The molecule has 1 fully saturated rings. The maximum Gasteiger partial charge on any atom is 0.245 e. The number of ether oxygens (including phenoxy) is 3. The number of amides is 1. The van der Waals surface area contributed by atoms with Crippen molar-refractivity contribution < 1.29 is 19.0 Å². The van der Waals surface area contributed by atoms with Gasteiger partial charge in [-0.25, -0.2) is 0 Å². The number of likely N-dealkylation sites (tertiary alicyclic amines) is 1. The Balaban J connectivity index is 0.00000204. The van der Waals surface area contributed by atoms with Crippen molar-refractivity contribution >= 4 is 24.0 Å². The SMILES string of the molecule is CN1CCC(CN2C(=O)C3(COc4cc5c(cc43)OCCO5)c3ccccc32)CC1.Cl. The number of carbonyl (C=O) groups is 1. The minimum atomic E-state index is -0.798. The molecule has 4 aliphatic rings. The van der Waals surface area contributed by atoms with Gasteiger partial charge in [0, 0.05) is 23.9 Å². The van der Waals surface area contributed by atoms with Crippen LogP contribution in [0.2, 0.25) is 0 Å². The first-order valence-corrected chi connectivity index (χ1v) is 10.8. The quantitative estimate of drug-likeness (QED) is 0.714. The number of nitrogens with zero attached hydrogens (tertiary/aromatic N) is 2. The Morgan fingerprint density at radius 1 is 0.968 bits per heavy atom. The number of hydrogen-bond acceptors (Lipinski definition) is 5. The number of carbonyl (C=O) groups excluding carboxylic acids is 1. The third-order valence-corrected chi connectivity index (χ3v) is 7.09. The summed E-state index contributed by atoms with van der Waals surface area (Å²) >= 11 is 0. The normalized spacial score (nSPS) is 24.5. The summed E-state index contributed by atoms with van der Waals surface area (Å²) in [6.07, 6.45) is 2.25. The van der Waals surface area contributed by atoms with Gasteiger partial charge >= 0.3 is 0 Å². The molecule has 4 heterocycles. The fourth-order valence-electron chi connectivity index (χ4n) is 5.40. The zero-order valence-electron chi connectivity index (χ0n) is 17.6. The molecule has 164 valence electrons. The fourth-order valence-corrected chi connectivity index (χ4v) is 5.40. The summed E-state index contributed by atoms with van der Waals surface area (Å²) in [7, 11) is 2.17. The summed E-state index contributed by atoms with van der Waals surface area (Å²) in [5, 5.41) is 0. The Hall–Kier alpha value is -2.44. The van der Waals surface area contributed by atoms with Crippen LogP contribution in [0, 0.1) is 5.92 Å². The van der Waals surface area contributed by atoms with Gasteiger partial charge in [-0.2, -0.15) is 0 Å². The Bertz CT molecular complexity index is 1020. The molecule has 0 aromatic heterocycles. The van der Waals surface area contributed by atoms with E-state index in [0.717, 1.165) is 55.0 Å². The summed E-state index contributed by atoms with van der Waals surface area (Å²) in [6, 6.07) is 12.0. The smallest absolute Gasteiger partial charge is 0.245 e. The van der Waals surface area contributed by atoms with Gasteiger partial charge in [-0.3, -0.25) is 4.79 Å². The lowest BCUT2D eigenvalue weighted by Crippen LogP contribution is -2.45. The molecule has 4 aliphatic heterocycles. The Morgan fingerprint density at radius 2 is 1.68 bits per heavy atom. The van der Waals surface area contributed by atoms with Gasteiger partial charge < -0.3 is 24.0 Å². The van der Waals surface area contributed by atoms with Gasteiger partial charge in [0.1, 0.15) is 31.0 Å². The number of para-hydroxylation sites is 1. The number of rotatable bonds is 2. The standard InChI is InChI=1S/C24H26N2O4.ClH/c1-25-8-6-16(7-9-25)14-26-19-5-3-2-4-17(19)24(23(26)27)15-30-20-13-22-21(12-18(20)24)28-10-11-29-22;/h2-5,12-13,16H,6-11,14-15H2,1H3;1H. The number of piperidine rings is 1. The second kappa shape index (κ2) is 7.61. The molecular formula is C24H27ClN2O4. The first-order chi connectivity index (χ1) is 14.7. The summed E-state index contributed by atoms with van der Waals surface area (Å²) in [5.74, 6) is 2.76. The lowest BCUT2D eigenvalue weighted by Gasteiger charge is -2.32. The summed E-state index contributed by atoms with van der Waals surface area (Å²) in [4.78, 5) is 18.4. The van der Waals surface area contributed by atoms with E-state index in [9.17, 15) is 4.79 Å². The summed E-state index contributed by atoms with van der Waals surface area (Å²) in [5.41, 5.74) is 2.16. The predicted octanol–water partition coefficient (Wildman–Crippen LogP) is 3.25. The van der Waals surface area contributed by atoms with Crippen molar-refractivity contribution in [3.8, 4) is 17.2 Å². The van der Waals surface area contributed by atoms with Crippen LogP contribution in [0.1, 0.15) is 24.0 Å². The molecule has 0 radical (unpaired) electrons. The first kappa shape index (κ1) is 20.5. The Labute approximate surface area is 188 Å². The van der Waals surface area contributed by atoms with E-state index in [2.05, 4.69) is 24.1 Å². The van der Waals surface area contributed by atoms with Crippen molar-refractivity contribution in [3.05, 3.63) is 47.5 Å². The third-order valence-electron chi connectivity index (χ3n) is 7.09. The number of hydrogen-bond donors (Lipinski definition) is 0. The van der Waals surface area contributed by atoms with Crippen molar-refractivity contribution in [2.24, 2.45) is 5.92 Å². The van der Waals surface area contributed by atoms with Crippen LogP contribution in [0.4, 0.5) is 5.69 Å². The highest BCUT2D eigenvalue weighted by molar-refractivity contribution is 6.11. The highest BCUT2D eigenvalue weighted by atomic mass is 35.5. The van der Waals surface area contributed by atoms with E-state index < -0.39 is 5.41 Å². The van der Waals surface area contributed by atoms with Gasteiger partial charge in [0.25, 0.3) is 0 Å². The molecule has 0 N–H and O–H groups in total. The topological polar surface area (TPSA) is 51.2 Å². The minimum Gasteiger partial charge on any atom is -0.491 e. The van der Waals surface area contributed by atoms with E-state index in [1.54, 1.807) is 0 Å². The largest absolute Gasteiger partial charge is 0.491 e. The zero-order valence-corrected chi connectivity index (χ0v) is 18.5. The average molecular weight is 443 g/mol. The number of halogens is 1. The van der Waals surface area contributed by atoms with Crippen LogP contribution in [-0.2, 0) is 10.2 Å². The zero-order chi connectivity index (χ0) is 20.3. The number of benzene rings is 2. The van der Waals surface area contributed by atoms with Crippen molar-refractivity contribution in [3.63, 3.8) is 0 Å². The van der Waals surface area contributed by atoms with Crippen molar-refractivity contribution in [1.82, 2.24) is 4.90 Å². The minimum absolute atomic E-state index is 0. The van der Waals surface area contributed by atoms with Crippen molar-refractivity contribution in [2.45, 2.75) is 18.3 Å². The summed E-state index contributed by atoms with van der Waals surface area (Å²) < 4.78 is 17.6. The van der Waals surface area contributed by atoms with E-state index in [-0.39, 0.29) is 18.3 Å². The molecule has 7 heteroatoms. The summed E-state index contributed by atoms with van der Waals surface area (Å²) in [6.45, 7) is 4.33. The van der Waals surface area contributed by atoms with Gasteiger partial charge in [-0.05, 0) is 56.6 Å². The molecule has 1 spiro atoms. The van der Waals surface area contributed by atoms with Crippen LogP contribution in [0.25, 0.3) is 0 Å². The number of anilines is 1. The molecule has 6 nitrogen and oxygen atoms in total. The molecule has 1 saturated heterocycles. The average Bonchev–Trinajstić information content (AvgIpc) is 3.26. The van der Waals surface area contributed by atoms with E-state index >= 15 is 0 Å². The molecule has 31 heavy (non-hydrogen) atoms. The van der Waals surface area contributed by atoms with E-state index in [0.29, 0.717) is 37.2 Å². The maximum atomic E-state index is 14.0. The molecule has 1 amide bonds. The van der Waals surface area contributed by atoms with Crippen LogP contribution in [0.3, 0.4) is 0 Å². The number of fused-ring (bicyclic) bond motifs is 5. The fraction of sp³-hybridized carbons (Fsp3) is 0.458. The van der Waals surface area contributed by atoms with E-state index in [4.69, 9.17) is 14.2 Å². The van der Waals surface area contributed by atoms with Crippen LogP contribution in [0.5, 0.6) is 17.2 Å². The second-order valence-corrected chi connectivity index (χ2v) is 8.87. The van der Waals surface area contributed by atoms with Crippen LogP contribution in [0.15, 0.2) is 36.4 Å². The van der Waals surface area contributed by atoms with Crippen LogP contribution in [-0.4, -0.2) is 57.3 Å². The van der Waals surface area contributed by atoms with Crippen LogP contribution >= 0.6 is 12.4 Å². The molecule has 1 unspecified atom stereocenters. The van der Waals surface area contributed by atoms with Gasteiger partial charge in [0.05, 0.1) is 0 Å². The third kappa shape index (κ3) is 2.99. The lowest BCUT2D eigenvalue weighted by molar-refractivity contribution is -0.122. The predicted molar refractivity (Wildman–Crippen MR) is 120 cm³/mol. The molecule has 2 aromatic carbocycles. The second-order valence-electron chi connectivity index (χ2n) is 8.87. The first-order valence-electron chi connectivity index (χ1n) is 10.8. The van der Waals surface area contributed by atoms with Crippen molar-refractivity contribution in [1.29, 1.82) is 0 Å². The van der Waals surface area contributed by atoms with E-state index in [1.165, 1.54) is 0 Å². The van der Waals surface area contributed by atoms with Gasteiger partial charge in [0.15, 0.2) is 11.5 Å². The highest BCUT2D eigenvalue weighted by Crippen LogP contribution is 2.54. The lowest BCUT2D eigenvalue weighted by atomic mass is 9.77. The van der Waals surface area contributed by atoms with Gasteiger partial charge in [-0.1, -0.05) is 18.2 Å². The molecule has 0 bridgehead atoms. The Kier molecular flexibility index (Phi) is 5.02. The highest BCUT2D eigenvalue weighted by Gasteiger charge is 2.57. The van der Waals surface area contributed by atoms with E-state index in [1.807, 2.05) is 29.2 Å². The Morgan fingerprint density at radius 3 is 2.45 bits per heavy atom. The maximum absolute atomic E-state index is 14.0. The molecular weight excluding hydrogens is 416 g/mol.